The number of fused-ring (bicyclic) bond motifs is 3. The van der Waals surface area contributed by atoms with Crippen LogP contribution >= 0.6 is 0 Å². The van der Waals surface area contributed by atoms with Gasteiger partial charge in [-0.05, 0) is 37.9 Å². The van der Waals surface area contributed by atoms with Crippen LogP contribution in [0.25, 0.3) is 0 Å². The molecule has 1 N–H and O–H groups in total. The maximum Gasteiger partial charge on any atom is 0.0450 e. The Morgan fingerprint density at radius 2 is 2.38 bits per heavy atom. The summed E-state index contributed by atoms with van der Waals surface area (Å²) in [6, 6.07) is 2.27. The third-order valence-corrected chi connectivity index (χ3v) is 3.83. The van der Waals surface area contributed by atoms with Gasteiger partial charge in [-0.15, -0.1) is 0 Å². The van der Waals surface area contributed by atoms with Gasteiger partial charge in [-0.1, -0.05) is 0 Å². The molecule has 1 fully saturated rings. The number of H-pyrrole nitrogens is 1. The molecule has 1 saturated heterocycles. The summed E-state index contributed by atoms with van der Waals surface area (Å²) in [6.07, 6.45) is 5.99. The van der Waals surface area contributed by atoms with E-state index in [9.17, 15) is 0 Å². The summed E-state index contributed by atoms with van der Waals surface area (Å²) < 4.78 is 0. The molecule has 2 nitrogen and oxygen atoms in total. The minimum absolute atomic E-state index is 0.355. The van der Waals surface area contributed by atoms with E-state index in [1.165, 1.54) is 38.0 Å². The van der Waals surface area contributed by atoms with Gasteiger partial charge in [0.15, 0.2) is 0 Å². The fraction of sp³-hybridized carbons (Fsp3) is 0.636. The number of hydrogen-bond donors (Lipinski definition) is 1. The second-order valence-corrected chi connectivity index (χ2v) is 4.48. The van der Waals surface area contributed by atoms with Gasteiger partial charge >= 0.3 is 0 Å². The highest BCUT2D eigenvalue weighted by atomic mass is 15.2. The van der Waals surface area contributed by atoms with E-state index < -0.39 is 0 Å². The monoisotopic (exact) mass is 176 g/mol. The first kappa shape index (κ1) is 7.63. The zero-order valence-corrected chi connectivity index (χ0v) is 8.14. The fourth-order valence-corrected chi connectivity index (χ4v) is 3.04. The normalized spacial score (nSPS) is 33.0. The van der Waals surface area contributed by atoms with Crippen molar-refractivity contribution in [3.63, 3.8) is 0 Å². The third kappa shape index (κ3) is 0.869. The summed E-state index contributed by atoms with van der Waals surface area (Å²) in [5, 5.41) is 0. The second-order valence-electron chi connectivity index (χ2n) is 4.48. The van der Waals surface area contributed by atoms with E-state index in [1.54, 1.807) is 5.56 Å². The molecular weight excluding hydrogens is 160 g/mol. The lowest BCUT2D eigenvalue weighted by Crippen LogP contribution is -2.43. The molecule has 0 aliphatic carbocycles. The maximum absolute atomic E-state index is 3.37. The summed E-state index contributed by atoms with van der Waals surface area (Å²) in [4.78, 5) is 6.01. The first-order valence-corrected chi connectivity index (χ1v) is 5.22. The molecule has 3 rings (SSSR count). The quantitative estimate of drug-likeness (QED) is 0.639. The number of aromatic amines is 1. The van der Waals surface area contributed by atoms with Crippen molar-refractivity contribution in [3.8, 4) is 0 Å². The zero-order valence-electron chi connectivity index (χ0n) is 8.14. The predicted octanol–water partition coefficient (Wildman–Crippen LogP) is 1.88. The molecule has 0 saturated carbocycles. The molecule has 1 atom stereocenters. The van der Waals surface area contributed by atoms with Crippen LogP contribution in [0, 0.1) is 0 Å². The molecule has 70 valence electrons. The van der Waals surface area contributed by atoms with Crippen molar-refractivity contribution >= 4 is 0 Å². The Morgan fingerprint density at radius 1 is 1.46 bits per heavy atom. The maximum atomic E-state index is 3.37. The van der Waals surface area contributed by atoms with Crippen LogP contribution in [0.15, 0.2) is 12.3 Å². The van der Waals surface area contributed by atoms with Crippen LogP contribution in [0.2, 0.25) is 0 Å². The van der Waals surface area contributed by atoms with Crippen LogP contribution in [-0.4, -0.2) is 23.0 Å². The van der Waals surface area contributed by atoms with Gasteiger partial charge in [0, 0.05) is 30.4 Å². The van der Waals surface area contributed by atoms with E-state index in [4.69, 9.17) is 0 Å². The summed E-state index contributed by atoms with van der Waals surface area (Å²) in [5.41, 5.74) is 3.38. The number of hydrogen-bond acceptors (Lipinski definition) is 1. The lowest BCUT2D eigenvalue weighted by Gasteiger charge is -2.39. The average molecular weight is 176 g/mol. The van der Waals surface area contributed by atoms with Crippen molar-refractivity contribution in [2.24, 2.45) is 0 Å². The summed E-state index contributed by atoms with van der Waals surface area (Å²) in [6.45, 7) is 4.93. The van der Waals surface area contributed by atoms with E-state index in [2.05, 4.69) is 29.1 Å². The number of rotatable bonds is 0. The highest BCUT2D eigenvalue weighted by Crippen LogP contribution is 2.42. The number of nitrogens with one attached hydrogen (secondary N) is 1. The fourth-order valence-electron chi connectivity index (χ4n) is 3.04. The molecule has 0 amide bonds. The molecule has 1 unspecified atom stereocenters. The van der Waals surface area contributed by atoms with E-state index >= 15 is 0 Å². The molecule has 0 radical (unpaired) electrons. The van der Waals surface area contributed by atoms with Crippen LogP contribution in [0.4, 0.5) is 0 Å². The van der Waals surface area contributed by atoms with Crippen molar-refractivity contribution in [3.05, 3.63) is 23.5 Å². The molecule has 0 bridgehead atoms. The summed E-state index contributed by atoms with van der Waals surface area (Å²) in [5.74, 6) is 0. The Bertz CT molecular complexity index is 329. The molecule has 0 aromatic carbocycles. The highest BCUT2D eigenvalue weighted by molar-refractivity contribution is 5.32. The number of nitrogens with zero attached hydrogens (tertiary/aromatic N) is 1. The van der Waals surface area contributed by atoms with Crippen molar-refractivity contribution in [2.45, 2.75) is 31.7 Å². The molecule has 2 aliphatic heterocycles. The van der Waals surface area contributed by atoms with Gasteiger partial charge in [-0.2, -0.15) is 0 Å². The van der Waals surface area contributed by atoms with Crippen LogP contribution in [0.1, 0.15) is 31.0 Å². The van der Waals surface area contributed by atoms with Gasteiger partial charge in [0.05, 0.1) is 0 Å². The van der Waals surface area contributed by atoms with Crippen molar-refractivity contribution in [2.75, 3.05) is 13.1 Å². The molecule has 2 heteroatoms. The topological polar surface area (TPSA) is 19.0 Å². The first-order chi connectivity index (χ1) is 6.31. The molecule has 3 heterocycles. The van der Waals surface area contributed by atoms with Crippen LogP contribution in [0.5, 0.6) is 0 Å². The smallest absolute Gasteiger partial charge is 0.0450 e. The number of aromatic nitrogens is 1. The standard InChI is InChI=1S/C11H16N2/c1-11-5-2-7-13(11)8-4-10-9(11)3-6-12-10/h3,6,12H,2,4-5,7-8H2,1H3. The van der Waals surface area contributed by atoms with E-state index in [0.29, 0.717) is 5.54 Å². The van der Waals surface area contributed by atoms with Crippen molar-refractivity contribution in [1.29, 1.82) is 0 Å². The Kier molecular flexibility index (Phi) is 1.40. The average Bonchev–Trinajstić information content (AvgIpc) is 2.67. The van der Waals surface area contributed by atoms with Crippen LogP contribution in [-0.2, 0) is 12.0 Å². The molecule has 0 spiro atoms. The van der Waals surface area contributed by atoms with Crippen molar-refractivity contribution in [1.82, 2.24) is 9.88 Å². The lowest BCUT2D eigenvalue weighted by molar-refractivity contribution is 0.143. The Balaban J connectivity index is 2.13. The van der Waals surface area contributed by atoms with Gasteiger partial charge in [-0.25, -0.2) is 0 Å². The van der Waals surface area contributed by atoms with E-state index in [0.717, 1.165) is 0 Å². The molecular formula is C11H16N2. The van der Waals surface area contributed by atoms with E-state index in [1.807, 2.05) is 0 Å². The SMILES string of the molecule is CC12CCCN1CCc1[nH]ccc12. The predicted molar refractivity (Wildman–Crippen MR) is 52.7 cm³/mol. The van der Waals surface area contributed by atoms with E-state index in [-0.39, 0.29) is 0 Å². The summed E-state index contributed by atoms with van der Waals surface area (Å²) >= 11 is 0. The minimum atomic E-state index is 0.355. The molecule has 1 aromatic rings. The van der Waals surface area contributed by atoms with Crippen molar-refractivity contribution < 1.29 is 0 Å². The Labute approximate surface area is 78.9 Å². The summed E-state index contributed by atoms with van der Waals surface area (Å²) in [7, 11) is 0. The second kappa shape index (κ2) is 2.38. The van der Waals surface area contributed by atoms with Crippen LogP contribution in [0.3, 0.4) is 0 Å². The Morgan fingerprint density at radius 3 is 3.31 bits per heavy atom. The minimum Gasteiger partial charge on any atom is -0.365 e. The first-order valence-electron chi connectivity index (χ1n) is 5.22. The van der Waals surface area contributed by atoms with Gasteiger partial charge in [0.25, 0.3) is 0 Å². The van der Waals surface area contributed by atoms with Gasteiger partial charge in [0.1, 0.15) is 0 Å². The van der Waals surface area contributed by atoms with Crippen LogP contribution < -0.4 is 0 Å². The Hall–Kier alpha value is -0.760. The highest BCUT2D eigenvalue weighted by Gasteiger charge is 2.41. The van der Waals surface area contributed by atoms with Gasteiger partial charge in [-0.3, -0.25) is 4.90 Å². The molecule has 2 aliphatic rings. The van der Waals surface area contributed by atoms with Gasteiger partial charge < -0.3 is 4.98 Å². The third-order valence-electron chi connectivity index (χ3n) is 3.83. The largest absolute Gasteiger partial charge is 0.365 e. The molecule has 13 heavy (non-hydrogen) atoms. The van der Waals surface area contributed by atoms with Gasteiger partial charge in [0.2, 0.25) is 0 Å². The zero-order chi connectivity index (χ0) is 8.89. The lowest BCUT2D eigenvalue weighted by atomic mass is 9.86. The molecule has 1 aromatic heterocycles.